The number of fused-ring (bicyclic) bond motifs is 5. The summed E-state index contributed by atoms with van der Waals surface area (Å²) in [5.74, 6) is -0.142. The third-order valence-corrected chi connectivity index (χ3v) is 9.63. The quantitative estimate of drug-likeness (QED) is 0.274. The third kappa shape index (κ3) is 5.75. The molecule has 13 heteroatoms. The Labute approximate surface area is 274 Å². The third-order valence-electron chi connectivity index (χ3n) is 8.20. The molecule has 2 aliphatic heterocycles. The Bertz CT molecular complexity index is 1950. The molecule has 1 N–H and O–H groups in total. The van der Waals surface area contributed by atoms with E-state index in [4.69, 9.17) is 16.6 Å². The maximum atomic E-state index is 15.7. The van der Waals surface area contributed by atoms with Crippen molar-refractivity contribution in [1.82, 2.24) is 24.4 Å². The van der Waals surface area contributed by atoms with Gasteiger partial charge in [-0.3, -0.25) is 14.6 Å². The minimum Gasteiger partial charge on any atom is -0.350 e. The van der Waals surface area contributed by atoms with Crippen LogP contribution in [0.25, 0.3) is 28.0 Å². The van der Waals surface area contributed by atoms with E-state index in [1.807, 2.05) is 25.7 Å². The Hall–Kier alpha value is -4.29. The highest BCUT2D eigenvalue weighted by Gasteiger charge is 2.31. The minimum absolute atomic E-state index is 0.149. The number of nitrogens with zero attached hydrogens (tertiary/aromatic N) is 6. The van der Waals surface area contributed by atoms with Gasteiger partial charge in [0.2, 0.25) is 11.8 Å². The summed E-state index contributed by atoms with van der Waals surface area (Å²) in [4.78, 5) is 58.2. The number of aromatic nitrogens is 4. The maximum Gasteiger partial charge on any atom is 0.355 e. The number of hydrogen-bond acceptors (Lipinski definition) is 8. The molecule has 0 radical (unpaired) electrons. The largest absolute Gasteiger partial charge is 0.355 e. The molecule has 1 saturated heterocycles. The number of carbonyl (C=O) groups is 2. The Morgan fingerprint density at radius 1 is 1.22 bits per heavy atom. The summed E-state index contributed by atoms with van der Waals surface area (Å²) in [6.45, 7) is 10.6. The standard InChI is InChI=1S/C33H33ClFN7O3S/c1-5-26(44)40-13-14-41(19(4)17-40)31-20-16-21(34)29-27-22(35)8-6-9-24(27)46-15-7-10-25(43)37-23-11-12-36-28(18(2)3)30(23)42(32(20)38-29)33(45)39-31/h5-6,8-9,11-12,16,18-19H,1,7,10,13-15,17H2,2-4H3,(H,37,43)/t19-/m1/s1. The number of amides is 2. The summed E-state index contributed by atoms with van der Waals surface area (Å²) >= 11 is 8.36. The van der Waals surface area contributed by atoms with E-state index in [1.54, 1.807) is 35.4 Å². The van der Waals surface area contributed by atoms with Crippen LogP contribution >= 0.6 is 23.4 Å². The Morgan fingerprint density at radius 2 is 2.02 bits per heavy atom. The zero-order valence-electron chi connectivity index (χ0n) is 25.7. The van der Waals surface area contributed by atoms with Gasteiger partial charge in [-0.15, -0.1) is 11.8 Å². The summed E-state index contributed by atoms with van der Waals surface area (Å²) in [6, 6.07) is 7.87. The zero-order valence-corrected chi connectivity index (χ0v) is 27.3. The number of halogens is 2. The molecule has 1 atom stereocenters. The van der Waals surface area contributed by atoms with E-state index in [2.05, 4.69) is 21.9 Å². The van der Waals surface area contributed by atoms with E-state index in [1.165, 1.54) is 28.5 Å². The first-order chi connectivity index (χ1) is 22.1. The van der Waals surface area contributed by atoms with Crippen LogP contribution in [0.15, 0.2) is 58.9 Å². The first kappa shape index (κ1) is 31.7. The van der Waals surface area contributed by atoms with Gasteiger partial charge in [-0.05, 0) is 55.4 Å². The van der Waals surface area contributed by atoms with Gasteiger partial charge in [-0.1, -0.05) is 38.1 Å². The van der Waals surface area contributed by atoms with Crippen molar-refractivity contribution in [2.75, 3.05) is 35.6 Å². The minimum atomic E-state index is -0.652. The van der Waals surface area contributed by atoms with Crippen LogP contribution in [0.1, 0.15) is 45.2 Å². The van der Waals surface area contributed by atoms with E-state index in [9.17, 15) is 14.4 Å². The molecule has 1 fully saturated rings. The molecule has 2 amide bonds. The number of piperazine rings is 1. The van der Waals surface area contributed by atoms with Gasteiger partial charge in [-0.2, -0.15) is 4.98 Å². The SMILES string of the molecule is C=CC(=O)N1CCN(c2nc(=O)n3c4nc(c(Cl)cc24)-c2c(F)cccc2SCCCC(=O)Nc2ccnc(C(C)C)c2-3)[C@H](C)C1. The fourth-order valence-electron chi connectivity index (χ4n) is 6.01. The van der Waals surface area contributed by atoms with E-state index in [-0.39, 0.29) is 52.1 Å². The van der Waals surface area contributed by atoms with Crippen molar-refractivity contribution in [3.05, 3.63) is 76.2 Å². The van der Waals surface area contributed by atoms with Crippen LogP contribution in [-0.2, 0) is 9.59 Å². The van der Waals surface area contributed by atoms with Crippen LogP contribution in [-0.4, -0.2) is 67.7 Å². The second kappa shape index (κ2) is 12.8. The van der Waals surface area contributed by atoms with Crippen LogP contribution < -0.4 is 15.9 Å². The van der Waals surface area contributed by atoms with Gasteiger partial charge >= 0.3 is 5.69 Å². The molecule has 1 aromatic carbocycles. The van der Waals surface area contributed by atoms with Crippen molar-refractivity contribution in [2.45, 2.75) is 50.5 Å². The fourth-order valence-corrected chi connectivity index (χ4v) is 7.28. The van der Waals surface area contributed by atoms with Gasteiger partial charge in [0.05, 0.1) is 38.7 Å². The highest BCUT2D eigenvalue weighted by molar-refractivity contribution is 7.99. The Kier molecular flexibility index (Phi) is 8.84. The molecule has 46 heavy (non-hydrogen) atoms. The van der Waals surface area contributed by atoms with Gasteiger partial charge in [0, 0.05) is 43.2 Å². The molecule has 0 unspecified atom stereocenters. The fraction of sp³-hybridized carbons (Fsp3) is 0.333. The van der Waals surface area contributed by atoms with E-state index in [0.29, 0.717) is 65.0 Å². The second-order valence-corrected chi connectivity index (χ2v) is 13.2. The molecular formula is C33H33ClFN7O3S. The molecule has 238 valence electrons. The van der Waals surface area contributed by atoms with E-state index < -0.39 is 11.5 Å². The molecule has 2 bridgehead atoms. The smallest absolute Gasteiger partial charge is 0.350 e. The Balaban J connectivity index is 1.69. The summed E-state index contributed by atoms with van der Waals surface area (Å²) in [5.41, 5.74) is 1.23. The van der Waals surface area contributed by atoms with Crippen LogP contribution in [0.4, 0.5) is 15.9 Å². The number of anilines is 2. The average molecular weight is 662 g/mol. The van der Waals surface area contributed by atoms with Crippen LogP contribution in [0.2, 0.25) is 5.02 Å². The molecule has 4 aromatic rings. The van der Waals surface area contributed by atoms with Gasteiger partial charge < -0.3 is 15.1 Å². The lowest BCUT2D eigenvalue weighted by atomic mass is 10.1. The number of hydrogen-bond donors (Lipinski definition) is 1. The maximum absolute atomic E-state index is 15.7. The molecule has 0 spiro atoms. The van der Waals surface area contributed by atoms with Gasteiger partial charge in [0.1, 0.15) is 11.6 Å². The van der Waals surface area contributed by atoms with Crippen LogP contribution in [0.3, 0.4) is 0 Å². The summed E-state index contributed by atoms with van der Waals surface area (Å²) in [5, 5.41) is 3.64. The predicted octanol–water partition coefficient (Wildman–Crippen LogP) is 5.81. The first-order valence-corrected chi connectivity index (χ1v) is 16.5. The monoisotopic (exact) mass is 661 g/mol. The van der Waals surface area contributed by atoms with Crippen LogP contribution in [0.5, 0.6) is 0 Å². The molecule has 3 aromatic heterocycles. The van der Waals surface area contributed by atoms with E-state index in [0.717, 1.165) is 0 Å². The van der Waals surface area contributed by atoms with Crippen molar-refractivity contribution >= 4 is 57.7 Å². The number of benzene rings is 1. The number of rotatable bonds is 3. The summed E-state index contributed by atoms with van der Waals surface area (Å²) in [6.07, 6.45) is 3.64. The first-order valence-electron chi connectivity index (χ1n) is 15.1. The molecule has 6 rings (SSSR count). The molecular weight excluding hydrogens is 629 g/mol. The molecule has 0 saturated carbocycles. The van der Waals surface area contributed by atoms with Crippen molar-refractivity contribution < 1.29 is 14.0 Å². The zero-order chi connectivity index (χ0) is 32.7. The van der Waals surface area contributed by atoms with Crippen LogP contribution in [0, 0.1) is 5.82 Å². The van der Waals surface area contributed by atoms with Gasteiger partial charge in [0.25, 0.3) is 0 Å². The van der Waals surface area contributed by atoms with Crippen molar-refractivity contribution in [2.24, 2.45) is 0 Å². The van der Waals surface area contributed by atoms with Crippen molar-refractivity contribution in [3.63, 3.8) is 0 Å². The highest BCUT2D eigenvalue weighted by Crippen LogP contribution is 2.40. The lowest BCUT2D eigenvalue weighted by Crippen LogP contribution is -2.54. The summed E-state index contributed by atoms with van der Waals surface area (Å²) in [7, 11) is 0. The second-order valence-electron chi connectivity index (χ2n) is 11.6. The number of carbonyl (C=O) groups excluding carboxylic acids is 2. The predicted molar refractivity (Wildman–Crippen MR) is 180 cm³/mol. The lowest BCUT2D eigenvalue weighted by Gasteiger charge is -2.40. The number of thioether (sulfide) groups is 1. The molecule has 10 nitrogen and oxygen atoms in total. The average Bonchev–Trinajstić information content (AvgIpc) is 3.02. The lowest BCUT2D eigenvalue weighted by molar-refractivity contribution is -0.126. The topological polar surface area (TPSA) is 113 Å². The van der Waals surface area contributed by atoms with Gasteiger partial charge in [0.15, 0.2) is 5.65 Å². The van der Waals surface area contributed by atoms with Crippen molar-refractivity contribution in [3.8, 4) is 16.9 Å². The summed E-state index contributed by atoms with van der Waals surface area (Å²) < 4.78 is 17.0. The molecule has 0 aliphatic carbocycles. The van der Waals surface area contributed by atoms with E-state index >= 15 is 4.39 Å². The van der Waals surface area contributed by atoms with Crippen molar-refractivity contribution in [1.29, 1.82) is 0 Å². The number of nitrogens with one attached hydrogen (secondary N) is 1. The molecule has 5 heterocycles. The number of pyridine rings is 2. The Morgan fingerprint density at radius 3 is 2.76 bits per heavy atom. The van der Waals surface area contributed by atoms with Gasteiger partial charge in [-0.25, -0.2) is 18.7 Å². The normalized spacial score (nSPS) is 17.0. The highest BCUT2D eigenvalue weighted by atomic mass is 35.5. The molecule has 2 aliphatic rings.